The van der Waals surface area contributed by atoms with Gasteiger partial charge in [0, 0.05) is 19.7 Å². The van der Waals surface area contributed by atoms with Gasteiger partial charge in [-0.15, -0.1) is 0 Å². The van der Waals surface area contributed by atoms with Gasteiger partial charge in [-0.3, -0.25) is 9.48 Å². The summed E-state index contributed by atoms with van der Waals surface area (Å²) < 4.78 is 1.66. The highest BCUT2D eigenvalue weighted by molar-refractivity contribution is 5.94. The van der Waals surface area contributed by atoms with Crippen LogP contribution in [0.3, 0.4) is 0 Å². The lowest BCUT2D eigenvalue weighted by atomic mass is 10.1. The van der Waals surface area contributed by atoms with Crippen molar-refractivity contribution in [3.8, 4) is 0 Å². The lowest BCUT2D eigenvalue weighted by molar-refractivity contribution is 0.0970. The van der Waals surface area contributed by atoms with Crippen LogP contribution in [0.2, 0.25) is 0 Å². The Morgan fingerprint density at radius 1 is 1.11 bits per heavy atom. The van der Waals surface area contributed by atoms with Crippen molar-refractivity contribution in [1.82, 2.24) is 9.78 Å². The standard InChI is InChI=1S/C15H26N2O/c1-3-4-5-6-7-8-9-10-11-15(18)14-12-13-16-17(14)2/h12-13H,3-11H2,1-2H3. The minimum atomic E-state index is 0.223. The van der Waals surface area contributed by atoms with E-state index >= 15 is 0 Å². The van der Waals surface area contributed by atoms with E-state index < -0.39 is 0 Å². The molecule has 0 unspecified atom stereocenters. The van der Waals surface area contributed by atoms with E-state index in [9.17, 15) is 4.79 Å². The van der Waals surface area contributed by atoms with Crippen molar-refractivity contribution in [3.63, 3.8) is 0 Å². The molecule has 1 aromatic heterocycles. The summed E-state index contributed by atoms with van der Waals surface area (Å²) in [5.74, 6) is 0.223. The molecule has 0 aliphatic heterocycles. The second-order valence-electron chi connectivity index (χ2n) is 4.99. The Hall–Kier alpha value is -1.12. The minimum absolute atomic E-state index is 0.223. The van der Waals surface area contributed by atoms with Gasteiger partial charge in [-0.05, 0) is 12.5 Å². The summed E-state index contributed by atoms with van der Waals surface area (Å²) in [6, 6.07) is 1.80. The zero-order valence-corrected chi connectivity index (χ0v) is 11.8. The molecule has 0 bridgehead atoms. The van der Waals surface area contributed by atoms with Gasteiger partial charge in [0.15, 0.2) is 5.78 Å². The van der Waals surface area contributed by atoms with Crippen LogP contribution in [0.4, 0.5) is 0 Å². The number of nitrogens with zero attached hydrogens (tertiary/aromatic N) is 2. The monoisotopic (exact) mass is 250 g/mol. The first-order chi connectivity index (χ1) is 8.75. The van der Waals surface area contributed by atoms with Crippen LogP contribution in [0.25, 0.3) is 0 Å². The predicted molar refractivity (Wildman–Crippen MR) is 74.8 cm³/mol. The molecule has 0 aromatic carbocycles. The maximum Gasteiger partial charge on any atom is 0.180 e. The quantitative estimate of drug-likeness (QED) is 0.462. The van der Waals surface area contributed by atoms with Crippen molar-refractivity contribution in [2.24, 2.45) is 7.05 Å². The van der Waals surface area contributed by atoms with E-state index in [1.54, 1.807) is 16.9 Å². The van der Waals surface area contributed by atoms with E-state index in [4.69, 9.17) is 0 Å². The van der Waals surface area contributed by atoms with E-state index in [0.717, 1.165) is 12.1 Å². The molecule has 3 heteroatoms. The van der Waals surface area contributed by atoms with Gasteiger partial charge in [-0.2, -0.15) is 5.10 Å². The number of unbranched alkanes of at least 4 members (excludes halogenated alkanes) is 7. The molecule has 0 saturated carbocycles. The summed E-state index contributed by atoms with van der Waals surface area (Å²) in [6.07, 6.45) is 12.5. The summed E-state index contributed by atoms with van der Waals surface area (Å²) >= 11 is 0. The van der Waals surface area contributed by atoms with Crippen molar-refractivity contribution in [3.05, 3.63) is 18.0 Å². The van der Waals surface area contributed by atoms with Gasteiger partial charge in [0.1, 0.15) is 5.69 Å². The second kappa shape index (κ2) is 8.90. The zero-order chi connectivity index (χ0) is 13.2. The van der Waals surface area contributed by atoms with E-state index in [-0.39, 0.29) is 5.78 Å². The fourth-order valence-electron chi connectivity index (χ4n) is 2.19. The molecule has 1 heterocycles. The molecule has 0 aliphatic rings. The Morgan fingerprint density at radius 2 is 1.72 bits per heavy atom. The molecule has 0 fully saturated rings. The molecule has 18 heavy (non-hydrogen) atoms. The Morgan fingerprint density at radius 3 is 2.28 bits per heavy atom. The molecule has 0 spiro atoms. The number of hydrogen-bond donors (Lipinski definition) is 0. The first-order valence-corrected chi connectivity index (χ1v) is 7.27. The van der Waals surface area contributed by atoms with E-state index in [0.29, 0.717) is 6.42 Å². The van der Waals surface area contributed by atoms with Gasteiger partial charge in [0.05, 0.1) is 0 Å². The van der Waals surface area contributed by atoms with Crippen LogP contribution in [-0.4, -0.2) is 15.6 Å². The van der Waals surface area contributed by atoms with Gasteiger partial charge in [-0.25, -0.2) is 0 Å². The SMILES string of the molecule is CCCCCCCCCCC(=O)c1ccnn1C. The molecule has 0 atom stereocenters. The second-order valence-corrected chi connectivity index (χ2v) is 4.99. The fourth-order valence-corrected chi connectivity index (χ4v) is 2.19. The van der Waals surface area contributed by atoms with Gasteiger partial charge in [0.25, 0.3) is 0 Å². The van der Waals surface area contributed by atoms with Crippen molar-refractivity contribution < 1.29 is 4.79 Å². The maximum absolute atomic E-state index is 11.8. The molecule has 1 rings (SSSR count). The average molecular weight is 250 g/mol. The van der Waals surface area contributed by atoms with Crippen LogP contribution >= 0.6 is 0 Å². The molecule has 1 aromatic rings. The normalized spacial score (nSPS) is 10.8. The topological polar surface area (TPSA) is 34.9 Å². The third-order valence-electron chi connectivity index (χ3n) is 3.36. The van der Waals surface area contributed by atoms with Crippen LogP contribution in [0.15, 0.2) is 12.3 Å². The lowest BCUT2D eigenvalue weighted by Gasteiger charge is -2.02. The van der Waals surface area contributed by atoms with Gasteiger partial charge < -0.3 is 0 Å². The van der Waals surface area contributed by atoms with E-state index in [1.165, 1.54) is 44.9 Å². The fraction of sp³-hybridized carbons (Fsp3) is 0.733. The van der Waals surface area contributed by atoms with Crippen LogP contribution in [0, 0.1) is 0 Å². The number of carbonyl (C=O) groups is 1. The Labute approximate surface area is 111 Å². The third-order valence-corrected chi connectivity index (χ3v) is 3.36. The largest absolute Gasteiger partial charge is 0.292 e. The van der Waals surface area contributed by atoms with Gasteiger partial charge in [-0.1, -0.05) is 51.9 Å². The number of Topliss-reactive ketones (excluding diaryl/α,β-unsaturated/α-hetero) is 1. The Bertz CT molecular complexity index is 344. The van der Waals surface area contributed by atoms with Crippen LogP contribution in [0.1, 0.15) is 75.2 Å². The van der Waals surface area contributed by atoms with Crippen molar-refractivity contribution >= 4 is 5.78 Å². The summed E-state index contributed by atoms with van der Waals surface area (Å²) in [5, 5.41) is 4.02. The summed E-state index contributed by atoms with van der Waals surface area (Å²) in [6.45, 7) is 2.24. The minimum Gasteiger partial charge on any atom is -0.292 e. The number of hydrogen-bond acceptors (Lipinski definition) is 2. The third kappa shape index (κ3) is 5.48. The van der Waals surface area contributed by atoms with Crippen molar-refractivity contribution in [2.45, 2.75) is 64.7 Å². The van der Waals surface area contributed by atoms with Crippen molar-refractivity contribution in [1.29, 1.82) is 0 Å². The summed E-state index contributed by atoms with van der Waals surface area (Å²) in [7, 11) is 1.82. The lowest BCUT2D eigenvalue weighted by Crippen LogP contribution is -2.06. The number of aryl methyl sites for hydroxylation is 1. The highest BCUT2D eigenvalue weighted by Gasteiger charge is 2.08. The molecule has 0 aliphatic carbocycles. The number of rotatable bonds is 10. The predicted octanol–water partition coefficient (Wildman–Crippen LogP) is 4.13. The van der Waals surface area contributed by atoms with E-state index in [1.807, 2.05) is 7.05 Å². The molecule has 0 amide bonds. The molecule has 0 saturated heterocycles. The van der Waals surface area contributed by atoms with Crippen LogP contribution < -0.4 is 0 Å². The Balaban J connectivity index is 2.01. The van der Waals surface area contributed by atoms with E-state index in [2.05, 4.69) is 12.0 Å². The maximum atomic E-state index is 11.8. The average Bonchev–Trinajstić information content (AvgIpc) is 2.79. The van der Waals surface area contributed by atoms with Gasteiger partial charge >= 0.3 is 0 Å². The molecule has 3 nitrogen and oxygen atoms in total. The highest BCUT2D eigenvalue weighted by atomic mass is 16.1. The van der Waals surface area contributed by atoms with Crippen LogP contribution in [0.5, 0.6) is 0 Å². The van der Waals surface area contributed by atoms with Crippen molar-refractivity contribution in [2.75, 3.05) is 0 Å². The summed E-state index contributed by atoms with van der Waals surface area (Å²) in [5.41, 5.74) is 0.734. The van der Waals surface area contributed by atoms with Crippen LogP contribution in [-0.2, 0) is 7.05 Å². The first-order valence-electron chi connectivity index (χ1n) is 7.27. The molecule has 0 N–H and O–H groups in total. The zero-order valence-electron chi connectivity index (χ0n) is 11.8. The smallest absolute Gasteiger partial charge is 0.180 e. The van der Waals surface area contributed by atoms with Gasteiger partial charge in [0.2, 0.25) is 0 Å². The molecular weight excluding hydrogens is 224 g/mol. The molecule has 0 radical (unpaired) electrons. The number of aromatic nitrogens is 2. The highest BCUT2D eigenvalue weighted by Crippen LogP contribution is 2.11. The summed E-state index contributed by atoms with van der Waals surface area (Å²) in [4.78, 5) is 11.8. The number of carbonyl (C=O) groups excluding carboxylic acids is 1. The Kier molecular flexibility index (Phi) is 7.38. The first kappa shape index (κ1) is 14.9. The molecular formula is C15H26N2O. The number of ketones is 1. The molecule has 102 valence electrons.